The van der Waals surface area contributed by atoms with Gasteiger partial charge < -0.3 is 15.6 Å². The number of carbonyl (C=O) groups excluding carboxylic acids is 2. The molecule has 0 radical (unpaired) electrons. The van der Waals surface area contributed by atoms with Crippen molar-refractivity contribution in [2.75, 3.05) is 10.6 Å². The van der Waals surface area contributed by atoms with E-state index in [2.05, 4.69) is 35.7 Å². The maximum Gasteiger partial charge on any atom is 0.259 e. The molecule has 0 saturated carbocycles. The zero-order valence-electron chi connectivity index (χ0n) is 18.7. The Morgan fingerprint density at radius 2 is 1.78 bits per heavy atom. The second-order valence-corrected chi connectivity index (χ2v) is 7.98. The number of hydrogen-bond donors (Lipinski definition) is 3. The number of rotatable bonds is 5. The fourth-order valence-electron chi connectivity index (χ4n) is 3.96. The van der Waals surface area contributed by atoms with Crippen LogP contribution in [0.2, 0.25) is 0 Å². The van der Waals surface area contributed by atoms with Crippen LogP contribution in [-0.4, -0.2) is 41.4 Å². The monoisotopic (exact) mass is 474 g/mol. The molecule has 0 atom stereocenters. The SMILES string of the molecule is O=C(Nc1ccc2c(-c3ccn4ncc(C(=O)Nc5cccnc5)c4c3)c[nH]c2n1)c1ccncc1. The molecular weight excluding hydrogens is 456 g/mol. The summed E-state index contributed by atoms with van der Waals surface area (Å²) < 4.78 is 1.65. The van der Waals surface area contributed by atoms with Crippen molar-refractivity contribution in [3.05, 3.63) is 103 Å². The molecule has 0 aliphatic carbocycles. The molecule has 0 saturated heterocycles. The zero-order chi connectivity index (χ0) is 24.5. The van der Waals surface area contributed by atoms with Crippen LogP contribution in [0.3, 0.4) is 0 Å². The number of aromatic nitrogens is 6. The number of aromatic amines is 1. The summed E-state index contributed by atoms with van der Waals surface area (Å²) in [4.78, 5) is 41.0. The van der Waals surface area contributed by atoms with Gasteiger partial charge in [-0.2, -0.15) is 5.10 Å². The van der Waals surface area contributed by atoms with Crippen LogP contribution in [0.5, 0.6) is 0 Å². The number of fused-ring (bicyclic) bond motifs is 2. The normalized spacial score (nSPS) is 11.0. The van der Waals surface area contributed by atoms with E-state index >= 15 is 0 Å². The van der Waals surface area contributed by atoms with Crippen molar-refractivity contribution < 1.29 is 9.59 Å². The summed E-state index contributed by atoms with van der Waals surface area (Å²) in [6, 6.07) is 14.3. The Hall–Kier alpha value is -5.38. The van der Waals surface area contributed by atoms with Crippen molar-refractivity contribution in [3.8, 4) is 11.1 Å². The third-order valence-corrected chi connectivity index (χ3v) is 5.72. The Morgan fingerprint density at radius 3 is 2.61 bits per heavy atom. The summed E-state index contributed by atoms with van der Waals surface area (Å²) in [5.41, 5.74) is 4.63. The van der Waals surface area contributed by atoms with Crippen molar-refractivity contribution in [1.29, 1.82) is 0 Å². The number of pyridine rings is 4. The molecule has 36 heavy (non-hydrogen) atoms. The van der Waals surface area contributed by atoms with Crippen molar-refractivity contribution in [3.63, 3.8) is 0 Å². The first-order valence-corrected chi connectivity index (χ1v) is 11.0. The van der Waals surface area contributed by atoms with Gasteiger partial charge in [-0.15, -0.1) is 0 Å². The van der Waals surface area contributed by atoms with Crippen LogP contribution in [0.15, 0.2) is 91.9 Å². The number of H-pyrrole nitrogens is 1. The van der Waals surface area contributed by atoms with Crippen LogP contribution in [0, 0.1) is 0 Å². The summed E-state index contributed by atoms with van der Waals surface area (Å²) >= 11 is 0. The van der Waals surface area contributed by atoms with Crippen LogP contribution in [-0.2, 0) is 0 Å². The van der Waals surface area contributed by atoms with E-state index in [4.69, 9.17) is 0 Å². The third kappa shape index (κ3) is 3.92. The molecule has 0 unspecified atom stereocenters. The van der Waals surface area contributed by atoms with Crippen molar-refractivity contribution in [2.45, 2.75) is 0 Å². The Balaban J connectivity index is 1.30. The van der Waals surface area contributed by atoms with E-state index in [0.717, 1.165) is 16.5 Å². The summed E-state index contributed by atoms with van der Waals surface area (Å²) in [7, 11) is 0. The molecule has 6 aromatic rings. The van der Waals surface area contributed by atoms with Gasteiger partial charge >= 0.3 is 0 Å². The van der Waals surface area contributed by atoms with Gasteiger partial charge in [0.25, 0.3) is 11.8 Å². The fourth-order valence-corrected chi connectivity index (χ4v) is 3.96. The fraction of sp³-hybridized carbons (Fsp3) is 0. The minimum atomic E-state index is -0.273. The molecule has 2 amide bonds. The average Bonchev–Trinajstić information content (AvgIpc) is 3.53. The smallest absolute Gasteiger partial charge is 0.259 e. The lowest BCUT2D eigenvalue weighted by Crippen LogP contribution is -2.12. The lowest BCUT2D eigenvalue weighted by atomic mass is 10.1. The van der Waals surface area contributed by atoms with Gasteiger partial charge in [-0.3, -0.25) is 19.6 Å². The van der Waals surface area contributed by atoms with E-state index in [1.807, 2.05) is 24.4 Å². The van der Waals surface area contributed by atoms with Crippen LogP contribution >= 0.6 is 0 Å². The highest BCUT2D eigenvalue weighted by atomic mass is 16.2. The standard InChI is InChI=1S/C26H18N8O2/c35-25(16-5-9-27-10-6-16)33-23-4-3-19-20(14-29-24(19)32-23)17-7-11-34-22(12-17)21(15-30-34)26(36)31-18-2-1-8-28-13-18/h1-15H,(H,31,36)(H2,29,32,33,35). The number of nitrogens with one attached hydrogen (secondary N) is 3. The lowest BCUT2D eigenvalue weighted by molar-refractivity contribution is 0.101. The van der Waals surface area contributed by atoms with E-state index in [0.29, 0.717) is 33.8 Å². The van der Waals surface area contributed by atoms with Gasteiger partial charge in [0.2, 0.25) is 0 Å². The molecule has 0 fully saturated rings. The molecule has 0 aliphatic heterocycles. The molecule has 6 heterocycles. The van der Waals surface area contributed by atoms with Gasteiger partial charge in [0, 0.05) is 47.5 Å². The maximum atomic E-state index is 12.9. The summed E-state index contributed by atoms with van der Waals surface area (Å²) in [6.07, 6.45) is 11.6. The van der Waals surface area contributed by atoms with Crippen molar-refractivity contribution in [1.82, 2.24) is 29.5 Å². The summed E-state index contributed by atoms with van der Waals surface area (Å²) in [5.74, 6) is -0.108. The zero-order valence-corrected chi connectivity index (χ0v) is 18.7. The number of anilines is 2. The van der Waals surface area contributed by atoms with E-state index in [-0.39, 0.29) is 11.8 Å². The second-order valence-electron chi connectivity index (χ2n) is 7.98. The molecule has 0 spiro atoms. The van der Waals surface area contributed by atoms with Gasteiger partial charge in [-0.25, -0.2) is 9.50 Å². The average molecular weight is 474 g/mol. The molecule has 0 aromatic carbocycles. The van der Waals surface area contributed by atoms with E-state index in [9.17, 15) is 9.59 Å². The number of nitrogens with zero attached hydrogens (tertiary/aromatic N) is 5. The molecule has 10 heteroatoms. The molecule has 174 valence electrons. The predicted octanol–water partition coefficient (Wildman–Crippen LogP) is 4.17. The van der Waals surface area contributed by atoms with E-state index in [1.54, 1.807) is 72.0 Å². The van der Waals surface area contributed by atoms with Gasteiger partial charge in [0.1, 0.15) is 11.5 Å². The number of amides is 2. The molecule has 10 nitrogen and oxygen atoms in total. The van der Waals surface area contributed by atoms with Crippen LogP contribution in [0.1, 0.15) is 20.7 Å². The largest absolute Gasteiger partial charge is 0.345 e. The molecule has 6 rings (SSSR count). The molecule has 0 aliphatic rings. The minimum Gasteiger partial charge on any atom is -0.345 e. The highest BCUT2D eigenvalue weighted by Gasteiger charge is 2.16. The maximum absolute atomic E-state index is 12.9. The summed E-state index contributed by atoms with van der Waals surface area (Å²) in [6.45, 7) is 0. The van der Waals surface area contributed by atoms with Crippen LogP contribution < -0.4 is 10.6 Å². The molecule has 6 aromatic heterocycles. The highest BCUT2D eigenvalue weighted by Crippen LogP contribution is 2.30. The first-order valence-electron chi connectivity index (χ1n) is 11.0. The Bertz CT molecular complexity index is 1730. The third-order valence-electron chi connectivity index (χ3n) is 5.72. The van der Waals surface area contributed by atoms with E-state index < -0.39 is 0 Å². The van der Waals surface area contributed by atoms with Crippen LogP contribution in [0.25, 0.3) is 27.7 Å². The topological polar surface area (TPSA) is 130 Å². The van der Waals surface area contributed by atoms with Gasteiger partial charge in [-0.05, 0) is 54.1 Å². The first-order chi connectivity index (χ1) is 17.7. The molecule has 0 bridgehead atoms. The first kappa shape index (κ1) is 21.2. The minimum absolute atomic E-state index is 0.265. The van der Waals surface area contributed by atoms with Gasteiger partial charge in [0.05, 0.1) is 29.2 Å². The highest BCUT2D eigenvalue weighted by molar-refractivity contribution is 6.09. The quantitative estimate of drug-likeness (QED) is 0.344. The van der Waals surface area contributed by atoms with Gasteiger partial charge in [0.15, 0.2) is 0 Å². The molecule has 3 N–H and O–H groups in total. The van der Waals surface area contributed by atoms with Gasteiger partial charge in [-0.1, -0.05) is 0 Å². The second kappa shape index (κ2) is 8.76. The summed E-state index contributed by atoms with van der Waals surface area (Å²) in [5, 5.41) is 10.8. The van der Waals surface area contributed by atoms with Crippen molar-refractivity contribution in [2.24, 2.45) is 0 Å². The van der Waals surface area contributed by atoms with Crippen molar-refractivity contribution >= 4 is 39.9 Å². The lowest BCUT2D eigenvalue weighted by Gasteiger charge is -2.06. The molecular formula is C26H18N8O2. The Morgan fingerprint density at radius 1 is 0.889 bits per heavy atom. The predicted molar refractivity (Wildman–Crippen MR) is 135 cm³/mol. The Labute approximate surface area is 204 Å². The number of hydrogen-bond acceptors (Lipinski definition) is 6. The Kier molecular flexibility index (Phi) is 5.15. The van der Waals surface area contributed by atoms with E-state index in [1.165, 1.54) is 0 Å². The van der Waals surface area contributed by atoms with Crippen LogP contribution in [0.4, 0.5) is 11.5 Å². The number of carbonyl (C=O) groups is 2.